The molecule has 0 atom stereocenters. The molecule has 0 fully saturated rings. The molecule has 2 aromatic carbocycles. The first-order valence-electron chi connectivity index (χ1n) is 9.18. The number of hydrogen-bond acceptors (Lipinski definition) is 5. The zero-order valence-electron chi connectivity index (χ0n) is 16.7. The quantitative estimate of drug-likeness (QED) is 0.509. The first-order chi connectivity index (χ1) is 13.9. The number of nitrogens with one attached hydrogen (secondary N) is 2. The Morgan fingerprint density at radius 1 is 1.07 bits per heavy atom. The van der Waals surface area contributed by atoms with Gasteiger partial charge in [0, 0.05) is 32.0 Å². The van der Waals surface area contributed by atoms with Crippen LogP contribution in [-0.2, 0) is 9.53 Å². The van der Waals surface area contributed by atoms with Gasteiger partial charge in [-0.15, -0.1) is 0 Å². The molecule has 0 heterocycles. The van der Waals surface area contributed by atoms with E-state index >= 15 is 0 Å². The Hall–Kier alpha value is -2.97. The lowest BCUT2D eigenvalue weighted by Gasteiger charge is -2.16. The molecule has 0 aliphatic carbocycles. The van der Waals surface area contributed by atoms with Crippen molar-refractivity contribution in [3.8, 4) is 5.75 Å². The van der Waals surface area contributed by atoms with Crippen LogP contribution in [0.5, 0.6) is 5.75 Å². The zero-order chi connectivity index (χ0) is 21.2. The number of anilines is 2. The maximum absolute atomic E-state index is 12.6. The highest BCUT2D eigenvalue weighted by Crippen LogP contribution is 2.19. The number of rotatable bonds is 8. The van der Waals surface area contributed by atoms with Gasteiger partial charge in [-0.1, -0.05) is 12.1 Å². The predicted octanol–water partition coefficient (Wildman–Crippen LogP) is 3.21. The molecule has 0 aliphatic rings. The average molecular weight is 416 g/mol. The van der Waals surface area contributed by atoms with Crippen LogP contribution in [0.3, 0.4) is 0 Å². The lowest BCUT2D eigenvalue weighted by molar-refractivity contribution is -0.116. The van der Waals surface area contributed by atoms with E-state index in [1.165, 1.54) is 11.8 Å². The summed E-state index contributed by atoms with van der Waals surface area (Å²) in [6.07, 6.45) is 0. The number of thiocarbonyl (C=S) groups is 1. The number of carbonyl (C=O) groups excluding carboxylic acids is 2. The fraction of sp³-hybridized carbons (Fsp3) is 0.286. The maximum Gasteiger partial charge on any atom is 0.261 e. The minimum absolute atomic E-state index is 0.0596. The van der Waals surface area contributed by atoms with Gasteiger partial charge in [-0.2, -0.15) is 0 Å². The van der Waals surface area contributed by atoms with E-state index in [4.69, 9.17) is 21.7 Å². The van der Waals surface area contributed by atoms with Crippen molar-refractivity contribution in [1.82, 2.24) is 5.32 Å². The largest absolute Gasteiger partial charge is 0.490 e. The first-order valence-corrected chi connectivity index (χ1v) is 9.59. The second-order valence-corrected chi connectivity index (χ2v) is 6.48. The number of hydrogen-bond donors (Lipinski definition) is 2. The molecular weight excluding hydrogens is 390 g/mol. The van der Waals surface area contributed by atoms with Gasteiger partial charge in [0.1, 0.15) is 12.4 Å². The van der Waals surface area contributed by atoms with E-state index in [-0.39, 0.29) is 16.9 Å². The molecule has 0 saturated carbocycles. The van der Waals surface area contributed by atoms with Crippen LogP contribution in [-0.4, -0.2) is 43.8 Å². The third kappa shape index (κ3) is 6.85. The van der Waals surface area contributed by atoms with Crippen LogP contribution in [0.1, 0.15) is 24.2 Å². The van der Waals surface area contributed by atoms with Crippen LogP contribution < -0.4 is 20.3 Å². The Morgan fingerprint density at radius 2 is 1.76 bits per heavy atom. The third-order valence-corrected chi connectivity index (χ3v) is 4.24. The van der Waals surface area contributed by atoms with Gasteiger partial charge in [0.2, 0.25) is 5.91 Å². The van der Waals surface area contributed by atoms with Crippen LogP contribution in [0.2, 0.25) is 0 Å². The molecule has 0 aliphatic heterocycles. The van der Waals surface area contributed by atoms with Gasteiger partial charge in [0.15, 0.2) is 5.11 Å². The molecule has 7 nitrogen and oxygen atoms in total. The molecule has 2 aromatic rings. The van der Waals surface area contributed by atoms with Crippen molar-refractivity contribution in [2.45, 2.75) is 13.8 Å². The molecule has 0 spiro atoms. The lowest BCUT2D eigenvalue weighted by atomic mass is 10.2. The Kier molecular flexibility index (Phi) is 8.57. The van der Waals surface area contributed by atoms with Crippen LogP contribution in [0.25, 0.3) is 0 Å². The molecule has 154 valence electrons. The Bertz CT molecular complexity index is 855. The Morgan fingerprint density at radius 3 is 2.41 bits per heavy atom. The molecular formula is C21H25N3O4S. The van der Waals surface area contributed by atoms with Crippen LogP contribution >= 0.6 is 12.2 Å². The number of amides is 2. The van der Waals surface area contributed by atoms with Crippen molar-refractivity contribution in [3.63, 3.8) is 0 Å². The van der Waals surface area contributed by atoms with Crippen molar-refractivity contribution in [3.05, 3.63) is 54.1 Å². The maximum atomic E-state index is 12.6. The summed E-state index contributed by atoms with van der Waals surface area (Å²) in [6, 6.07) is 14.1. The molecule has 0 saturated heterocycles. The van der Waals surface area contributed by atoms with E-state index in [2.05, 4.69) is 10.6 Å². The van der Waals surface area contributed by atoms with Gasteiger partial charge in [-0.25, -0.2) is 0 Å². The van der Waals surface area contributed by atoms with E-state index in [1.54, 1.807) is 55.6 Å². The molecule has 8 heteroatoms. The molecule has 2 amide bonds. The number of para-hydroxylation sites is 1. The van der Waals surface area contributed by atoms with Gasteiger partial charge in [-0.05, 0) is 55.5 Å². The normalized spacial score (nSPS) is 10.2. The van der Waals surface area contributed by atoms with E-state index in [9.17, 15) is 9.59 Å². The van der Waals surface area contributed by atoms with Crippen molar-refractivity contribution in [1.29, 1.82) is 0 Å². The summed E-state index contributed by atoms with van der Waals surface area (Å²) in [6.45, 7) is 4.81. The van der Waals surface area contributed by atoms with E-state index in [1.807, 2.05) is 6.92 Å². The second kappa shape index (κ2) is 11.1. The standard InChI is InChI=1S/C21H25N3O4S/c1-4-27-13-14-28-19-8-6-5-7-18(19)20(26)23-21(29)22-16-9-11-17(12-10-16)24(3)15(2)25/h5-12H,4,13-14H2,1-3H3,(H2,22,23,26,29). The van der Waals surface area contributed by atoms with Gasteiger partial charge < -0.3 is 19.7 Å². The van der Waals surface area contributed by atoms with Gasteiger partial charge >= 0.3 is 0 Å². The highest BCUT2D eigenvalue weighted by atomic mass is 32.1. The summed E-state index contributed by atoms with van der Waals surface area (Å²) >= 11 is 5.24. The smallest absolute Gasteiger partial charge is 0.261 e. The van der Waals surface area contributed by atoms with E-state index < -0.39 is 0 Å². The van der Waals surface area contributed by atoms with E-state index in [0.29, 0.717) is 36.8 Å². The predicted molar refractivity (Wildman–Crippen MR) is 118 cm³/mol. The molecule has 0 unspecified atom stereocenters. The molecule has 0 bridgehead atoms. The van der Waals surface area contributed by atoms with Crippen LogP contribution in [0, 0.1) is 0 Å². The number of nitrogens with zero attached hydrogens (tertiary/aromatic N) is 1. The topological polar surface area (TPSA) is 79.9 Å². The number of benzene rings is 2. The first kappa shape index (κ1) is 22.3. The average Bonchev–Trinajstić information content (AvgIpc) is 2.71. The summed E-state index contributed by atoms with van der Waals surface area (Å²) in [5.41, 5.74) is 1.83. The highest BCUT2D eigenvalue weighted by molar-refractivity contribution is 7.80. The lowest BCUT2D eigenvalue weighted by Crippen LogP contribution is -2.34. The Labute approximate surface area is 176 Å². The summed E-state index contributed by atoms with van der Waals surface area (Å²) in [7, 11) is 1.70. The van der Waals surface area contributed by atoms with E-state index in [0.717, 1.165) is 5.69 Å². The van der Waals surface area contributed by atoms with Crippen molar-refractivity contribution >= 4 is 40.5 Å². The van der Waals surface area contributed by atoms with Gasteiger partial charge in [-0.3, -0.25) is 14.9 Å². The molecule has 2 N–H and O–H groups in total. The Balaban J connectivity index is 1.95. The second-order valence-electron chi connectivity index (χ2n) is 6.07. The number of carbonyl (C=O) groups is 2. The fourth-order valence-electron chi connectivity index (χ4n) is 2.42. The molecule has 0 aromatic heterocycles. The molecule has 29 heavy (non-hydrogen) atoms. The summed E-state index contributed by atoms with van der Waals surface area (Å²) in [5, 5.41) is 5.76. The zero-order valence-corrected chi connectivity index (χ0v) is 17.5. The van der Waals surface area contributed by atoms with Crippen molar-refractivity contribution in [2.24, 2.45) is 0 Å². The highest BCUT2D eigenvalue weighted by Gasteiger charge is 2.14. The third-order valence-electron chi connectivity index (χ3n) is 4.03. The summed E-state index contributed by atoms with van der Waals surface area (Å²) in [4.78, 5) is 25.5. The summed E-state index contributed by atoms with van der Waals surface area (Å²) in [5.74, 6) is 0.0298. The van der Waals surface area contributed by atoms with Gasteiger partial charge in [0.25, 0.3) is 5.91 Å². The number of ether oxygens (including phenoxy) is 2. The molecule has 0 radical (unpaired) electrons. The monoisotopic (exact) mass is 415 g/mol. The minimum atomic E-state index is -0.373. The molecule has 2 rings (SSSR count). The minimum Gasteiger partial charge on any atom is -0.490 e. The SMILES string of the molecule is CCOCCOc1ccccc1C(=O)NC(=S)Nc1ccc(N(C)C(C)=O)cc1. The summed E-state index contributed by atoms with van der Waals surface area (Å²) < 4.78 is 10.9. The van der Waals surface area contributed by atoms with Crippen molar-refractivity contribution in [2.75, 3.05) is 37.1 Å². The van der Waals surface area contributed by atoms with Crippen LogP contribution in [0.4, 0.5) is 11.4 Å². The van der Waals surface area contributed by atoms with Crippen LogP contribution in [0.15, 0.2) is 48.5 Å². The van der Waals surface area contributed by atoms with Crippen molar-refractivity contribution < 1.29 is 19.1 Å². The fourth-order valence-corrected chi connectivity index (χ4v) is 2.63. The van der Waals surface area contributed by atoms with Gasteiger partial charge in [0.05, 0.1) is 12.2 Å².